The molecule has 14 aromatic carbocycles. The highest BCUT2D eigenvalue weighted by Crippen LogP contribution is 2.46. The van der Waals surface area contributed by atoms with E-state index in [-0.39, 0.29) is 21.7 Å². The van der Waals surface area contributed by atoms with Crippen molar-refractivity contribution in [3.63, 3.8) is 0 Å². The van der Waals surface area contributed by atoms with Crippen molar-refractivity contribution in [3.8, 4) is 56.2 Å². The lowest BCUT2D eigenvalue weighted by molar-refractivity contribution is -0.665. The number of hydrogen-bond donors (Lipinski definition) is 0. The molecule has 0 fully saturated rings. The van der Waals surface area contributed by atoms with Gasteiger partial charge in [0.25, 0.3) is 0 Å². The fourth-order valence-electron chi connectivity index (χ4n) is 19.5. The van der Waals surface area contributed by atoms with E-state index >= 15 is 0 Å². The molecule has 4 heterocycles. The van der Waals surface area contributed by atoms with E-state index in [0.717, 1.165) is 71.7 Å². The van der Waals surface area contributed by atoms with Crippen LogP contribution in [0.5, 0.6) is 0 Å². The summed E-state index contributed by atoms with van der Waals surface area (Å²) >= 11 is 0. The summed E-state index contributed by atoms with van der Waals surface area (Å²) in [5.74, 6) is 0. The van der Waals surface area contributed by atoms with Crippen molar-refractivity contribution in [2.45, 2.75) is 193 Å². The minimum absolute atomic E-state index is 0.00188. The van der Waals surface area contributed by atoms with Crippen LogP contribution in [0.1, 0.15) is 156 Å². The third-order valence-corrected chi connectivity index (χ3v) is 33.1. The average Bonchev–Trinajstić information content (AvgIpc) is 0.743. The van der Waals surface area contributed by atoms with Gasteiger partial charge in [0.05, 0.1) is 63.9 Å². The summed E-state index contributed by atoms with van der Waals surface area (Å²) in [4.78, 5) is 3.58. The Morgan fingerprint density at radius 3 is 0.837 bits per heavy atom. The van der Waals surface area contributed by atoms with Gasteiger partial charge in [-0.25, -0.2) is 4.85 Å². The molecule has 0 amide bonds. The molecule has 0 N–H and O–H groups in total. The maximum Gasteiger partial charge on any atom is 0.220 e. The van der Waals surface area contributed by atoms with Gasteiger partial charge in [-0.2, -0.15) is 18.3 Å². The summed E-state index contributed by atoms with van der Waals surface area (Å²) in [5, 5.41) is 23.0. The fourth-order valence-corrected chi connectivity index (χ4v) is 23.0. The van der Waals surface area contributed by atoms with E-state index in [0.29, 0.717) is 29.9 Å². The summed E-state index contributed by atoms with van der Waals surface area (Å²) in [6.45, 7) is 63.9. The van der Waals surface area contributed by atoms with Crippen LogP contribution < -0.4 is 33.8 Å². The number of benzene rings is 14. The second-order valence-corrected chi connectivity index (χ2v) is 51.3. The molecule has 18 aromatic rings. The molecule has 129 heavy (non-hydrogen) atoms. The van der Waals surface area contributed by atoms with E-state index in [1.165, 1.54) is 153 Å². The van der Waals surface area contributed by atoms with E-state index in [2.05, 4.69) is 439 Å². The zero-order valence-corrected chi connectivity index (χ0v) is 84.0. The van der Waals surface area contributed by atoms with E-state index < -0.39 is 16.1 Å². The van der Waals surface area contributed by atoms with Crippen molar-refractivity contribution < 1.29 is 23.8 Å². The zero-order chi connectivity index (χ0) is 96.3. The van der Waals surface area contributed by atoms with Gasteiger partial charge in [-0.1, -0.05) is 332 Å². The van der Waals surface area contributed by atoms with Crippen molar-refractivity contribution in [2.24, 2.45) is 28.2 Å². The lowest BCUT2D eigenvalue weighted by Crippen LogP contribution is -2.52. The monoisotopic (exact) mass is 1730 g/mol. The van der Waals surface area contributed by atoms with Crippen molar-refractivity contribution in [2.75, 3.05) is 0 Å². The minimum atomic E-state index is -1.89. The molecule has 0 atom stereocenters. The summed E-state index contributed by atoms with van der Waals surface area (Å²) < 4.78 is 44.4. The quantitative estimate of drug-likeness (QED) is 0.0821. The van der Waals surface area contributed by atoms with Gasteiger partial charge in [-0.15, -0.1) is 0 Å². The third kappa shape index (κ3) is 17.6. The Bertz CT molecular complexity index is 7800. The van der Waals surface area contributed by atoms with Crippen molar-refractivity contribution in [1.82, 2.24) is 0 Å². The molecule has 0 aliphatic rings. The first kappa shape index (κ1) is 86.1. The number of aromatic nitrogens is 4. The Morgan fingerprint density at radius 2 is 0.527 bits per heavy atom. The lowest BCUT2D eigenvalue weighted by atomic mass is 9.80. The first-order chi connectivity index (χ1) is 62.6. The van der Waals surface area contributed by atoms with Gasteiger partial charge < -0.3 is 0 Å². The second kappa shape index (κ2) is 34.9. The highest BCUT2D eigenvalue weighted by atomic mass is 28.3. The van der Waals surface area contributed by atoms with Crippen LogP contribution in [0.15, 0.2) is 279 Å². The number of pyridine rings is 4. The summed E-state index contributed by atoms with van der Waals surface area (Å²) in [6.07, 6.45) is 0. The molecule has 4 aromatic heterocycles. The van der Waals surface area contributed by atoms with Crippen LogP contribution in [0.2, 0.25) is 32.7 Å². The molecular formula is C122H133N5Si2+4. The lowest BCUT2D eigenvalue weighted by Gasteiger charge is -2.25. The van der Waals surface area contributed by atoms with E-state index in [9.17, 15) is 0 Å². The minimum Gasteiger partial charge on any atom is -0.238 e. The SMILES string of the molecule is [2H]c1c(C)[n+](C)c(-c2cc(C(C)(C)C)c3ccccc3c2C)c2ccc(-c3ccccc3)cc12.[2H]c1c(C)[n+](C)c(-c2cc(C(C)(C)C)c3ccccc3c2C)c2ccc([N+]#[C-])cc12.[2H]c1c(C)[n+](C)c(-c2cc(C(C)(C)C)c3ccccc3c2C)c2ccc([Si](C)(C)C)cc12.[2H]c1c(C)[n+](C)c(-c2cc(C(C)(C)C)c3ccccc3c2C)c2ccc([Si](C)(C)c3ccccc3)cc12. The normalized spacial score (nSPS) is 12.7. The molecule has 650 valence electrons. The predicted molar refractivity (Wildman–Crippen MR) is 563 cm³/mol. The standard InChI is InChI=1S/C34H38NSi.C32H32N.C29H36NSi.C27H27N2/c1-23-20-25-21-27(36(7,8)26-14-10-9-11-15-26)18-19-29(25)33(35(23)6)31-22-32(34(3,4)5)30-17-13-12-16-28(30)24(31)2;1-21-18-25-19-24(23-12-8-7-9-13-23)16-17-27(25)31(33(21)6)29-20-30(32(3,4)5)28-15-11-10-14-26(28)22(29)2;1-19-16-21-17-22(31(7,8)9)14-15-24(21)28(30(19)6)26-18-27(29(3,4)5)25-13-11-10-12-23(25)20(26)2;1-17-14-19-15-20(28-6)12-13-22(19)26(29(17)7)24-16-25(27(3,4)5)23-11-9-8-10-21(23)18(24)2/h9-22H,1-8H3;7-20H,1-6H3;10-18H,1-9H3;8-16H,1-5,7H3/q4*+1/i20D;18D;16D;14D. The number of nitrogens with zero attached hydrogens (tertiary/aromatic N) is 5. The highest BCUT2D eigenvalue weighted by molar-refractivity contribution is 7.00. The van der Waals surface area contributed by atoms with Crippen LogP contribution in [0, 0.1) is 62.0 Å². The molecule has 18 rings (SSSR count). The third-order valence-electron chi connectivity index (χ3n) is 27.5. The summed E-state index contributed by atoms with van der Waals surface area (Å²) in [5.41, 5.74) is 27.0. The van der Waals surface area contributed by atoms with Crippen molar-refractivity contribution in [3.05, 3.63) is 358 Å². The second-order valence-electron chi connectivity index (χ2n) is 41.8. The summed E-state index contributed by atoms with van der Waals surface area (Å²) in [6, 6.07) is 94.2. The van der Waals surface area contributed by atoms with Crippen LogP contribution in [-0.2, 0) is 49.9 Å². The van der Waals surface area contributed by atoms with Gasteiger partial charge in [-0.05, 0) is 224 Å². The number of fused-ring (bicyclic) bond motifs is 8. The van der Waals surface area contributed by atoms with Gasteiger partial charge in [-0.3, -0.25) is 0 Å². The molecule has 7 heteroatoms. The molecule has 0 bridgehead atoms. The Hall–Kier alpha value is -12.3. The number of hydrogen-bond acceptors (Lipinski definition) is 0. The maximum absolute atomic E-state index is 9.11. The number of aryl methyl sites for hydroxylation is 4. The smallest absolute Gasteiger partial charge is 0.220 e. The van der Waals surface area contributed by atoms with Gasteiger partial charge in [0.15, 0.2) is 28.5 Å². The molecule has 0 aliphatic heterocycles. The van der Waals surface area contributed by atoms with Gasteiger partial charge in [0.2, 0.25) is 22.8 Å². The molecule has 0 saturated carbocycles. The number of rotatable bonds is 8. The molecule has 0 aliphatic carbocycles. The van der Waals surface area contributed by atoms with Crippen molar-refractivity contribution >= 4 is 124 Å². The molecule has 0 saturated heterocycles. The largest absolute Gasteiger partial charge is 0.238 e. The van der Waals surface area contributed by atoms with Gasteiger partial charge in [0, 0.05) is 51.9 Å². The Morgan fingerprint density at radius 1 is 0.264 bits per heavy atom. The van der Waals surface area contributed by atoms with E-state index in [4.69, 9.17) is 12.1 Å². The molecule has 5 nitrogen and oxygen atoms in total. The Balaban J connectivity index is 0.000000136. The first-order valence-electron chi connectivity index (χ1n) is 47.9. The fraction of sp³-hybridized carbons (Fsp3) is 0.270. The van der Waals surface area contributed by atoms with Crippen molar-refractivity contribution in [1.29, 1.82) is 0 Å². The average molecular weight is 1730 g/mol. The molecule has 0 spiro atoms. The van der Waals surface area contributed by atoms with Crippen LogP contribution >= 0.6 is 0 Å². The Labute approximate surface area is 777 Å². The highest BCUT2D eigenvalue weighted by Gasteiger charge is 2.34. The summed E-state index contributed by atoms with van der Waals surface area (Å²) in [7, 11) is 4.99. The predicted octanol–water partition coefficient (Wildman–Crippen LogP) is 29.2. The Kier molecular flexibility index (Phi) is 23.3. The zero-order valence-electron chi connectivity index (χ0n) is 86.0. The van der Waals surface area contributed by atoms with Crippen LogP contribution in [0.3, 0.4) is 0 Å². The van der Waals surface area contributed by atoms with Gasteiger partial charge in [0.1, 0.15) is 36.3 Å². The molecular weight excluding hydrogens is 1590 g/mol. The topological polar surface area (TPSA) is 19.9 Å². The van der Waals surface area contributed by atoms with Crippen LogP contribution in [-0.4, -0.2) is 16.1 Å². The van der Waals surface area contributed by atoms with Crippen LogP contribution in [0.25, 0.3) is 147 Å². The first-order valence-corrected chi connectivity index (χ1v) is 52.4. The van der Waals surface area contributed by atoms with Gasteiger partial charge >= 0.3 is 0 Å². The van der Waals surface area contributed by atoms with E-state index in [1.54, 1.807) is 0 Å². The maximum atomic E-state index is 9.11. The molecule has 0 unspecified atom stereocenters. The molecule has 0 radical (unpaired) electrons. The van der Waals surface area contributed by atoms with Crippen LogP contribution in [0.4, 0.5) is 5.69 Å². The van der Waals surface area contributed by atoms with E-state index in [1.807, 2.05) is 38.2 Å².